The molecule has 0 spiro atoms. The van der Waals surface area contributed by atoms with Crippen molar-refractivity contribution in [2.45, 2.75) is 97.8 Å². The van der Waals surface area contributed by atoms with Crippen LogP contribution in [0.4, 0.5) is 0 Å². The summed E-state index contributed by atoms with van der Waals surface area (Å²) in [5, 5.41) is 23.7. The van der Waals surface area contributed by atoms with Gasteiger partial charge in [-0.2, -0.15) is 0 Å². The van der Waals surface area contributed by atoms with E-state index < -0.39 is 17.9 Å². The molecular weight excluding hydrogens is 312 g/mol. The zero-order valence-corrected chi connectivity index (χ0v) is 15.6. The quantitative estimate of drug-likeness (QED) is 0.430. The minimum Gasteiger partial charge on any atom is -0.481 e. The molecule has 0 aliphatic carbocycles. The molecule has 6 nitrogen and oxygen atoms in total. The topological polar surface area (TPSA) is 112 Å². The van der Waals surface area contributed by atoms with E-state index in [0.29, 0.717) is 12.8 Å². The lowest BCUT2D eigenvalue weighted by atomic mass is 10.1. The maximum absolute atomic E-state index is 10.2. The van der Waals surface area contributed by atoms with Crippen LogP contribution >= 0.6 is 0 Å². The first-order valence-corrected chi connectivity index (χ1v) is 8.90. The van der Waals surface area contributed by atoms with Gasteiger partial charge in [0, 0.05) is 19.8 Å². The molecule has 6 heteroatoms. The molecule has 0 fully saturated rings. The summed E-state index contributed by atoms with van der Waals surface area (Å²) in [6.45, 7) is 5.15. The van der Waals surface area contributed by atoms with E-state index >= 15 is 0 Å². The van der Waals surface area contributed by atoms with Gasteiger partial charge in [-0.1, -0.05) is 65.2 Å². The van der Waals surface area contributed by atoms with Crippen molar-refractivity contribution in [3.63, 3.8) is 0 Å². The first-order valence-electron chi connectivity index (χ1n) is 8.90. The molecule has 3 N–H and O–H groups in total. The molecule has 0 radical (unpaired) electrons. The minimum atomic E-state index is -0.833. The molecule has 0 heterocycles. The molecule has 24 heavy (non-hydrogen) atoms. The highest BCUT2D eigenvalue weighted by atomic mass is 16.4. The summed E-state index contributed by atoms with van der Waals surface area (Å²) in [5.41, 5.74) is 0. The number of unbranched alkanes of at least 4 members (excludes halogenated alkanes) is 8. The van der Waals surface area contributed by atoms with Gasteiger partial charge in [0.05, 0.1) is 0 Å². The zero-order chi connectivity index (χ0) is 19.2. The summed E-state index contributed by atoms with van der Waals surface area (Å²) in [6.07, 6.45) is 12.5. The Kier molecular flexibility index (Phi) is 26.9. The second-order valence-corrected chi connectivity index (χ2v) is 5.63. The van der Waals surface area contributed by atoms with Crippen molar-refractivity contribution in [3.05, 3.63) is 0 Å². The number of hydrogen-bond acceptors (Lipinski definition) is 3. The van der Waals surface area contributed by atoms with Gasteiger partial charge in [0.2, 0.25) is 0 Å². The monoisotopic (exact) mass is 348 g/mol. The number of carboxylic acids is 3. The van der Waals surface area contributed by atoms with Crippen molar-refractivity contribution in [1.82, 2.24) is 0 Å². The van der Waals surface area contributed by atoms with Crippen LogP contribution in [0.5, 0.6) is 0 Å². The Hall–Kier alpha value is -1.59. The third-order valence-corrected chi connectivity index (χ3v) is 2.96. The van der Waals surface area contributed by atoms with Crippen LogP contribution in [-0.2, 0) is 14.4 Å². The fourth-order valence-electron chi connectivity index (χ4n) is 1.80. The average molecular weight is 348 g/mol. The van der Waals surface area contributed by atoms with Gasteiger partial charge in [0.15, 0.2) is 0 Å². The molecule has 0 aliphatic rings. The Morgan fingerprint density at radius 1 is 0.583 bits per heavy atom. The van der Waals surface area contributed by atoms with Crippen LogP contribution in [0, 0.1) is 0 Å². The molecule has 0 unspecified atom stereocenters. The first-order chi connectivity index (χ1) is 11.3. The van der Waals surface area contributed by atoms with Crippen molar-refractivity contribution in [2.24, 2.45) is 0 Å². The molecule has 0 aliphatic heterocycles. The maximum atomic E-state index is 10.2. The van der Waals surface area contributed by atoms with Crippen LogP contribution in [0.25, 0.3) is 0 Å². The fourth-order valence-corrected chi connectivity index (χ4v) is 1.80. The van der Waals surface area contributed by atoms with Gasteiger partial charge < -0.3 is 15.3 Å². The van der Waals surface area contributed by atoms with E-state index in [1.54, 1.807) is 0 Å². The standard InChI is InChI=1S/C12H24O2.C4H8O2.C2H4O2/c1-2-3-4-5-6-7-8-9-10-11-12(13)14;1-2-3-4(5)6;1-2(3)4/h2-11H2,1H3,(H,13,14);2-3H2,1H3,(H,5,6);1H3,(H,3,4). The lowest BCUT2D eigenvalue weighted by Crippen LogP contribution is -1.93. The van der Waals surface area contributed by atoms with Crippen LogP contribution in [0.15, 0.2) is 0 Å². The van der Waals surface area contributed by atoms with Gasteiger partial charge in [0.25, 0.3) is 5.97 Å². The normalized spacial score (nSPS) is 9.12. The van der Waals surface area contributed by atoms with Gasteiger partial charge in [-0.05, 0) is 12.8 Å². The lowest BCUT2D eigenvalue weighted by molar-refractivity contribution is -0.138. The highest BCUT2D eigenvalue weighted by molar-refractivity contribution is 5.66. The third-order valence-electron chi connectivity index (χ3n) is 2.96. The molecule has 0 saturated heterocycles. The van der Waals surface area contributed by atoms with Crippen molar-refractivity contribution >= 4 is 17.9 Å². The highest BCUT2D eigenvalue weighted by Crippen LogP contribution is 2.10. The number of rotatable bonds is 12. The lowest BCUT2D eigenvalue weighted by Gasteiger charge is -2.00. The predicted octanol–water partition coefficient (Wildman–Crippen LogP) is 4.95. The van der Waals surface area contributed by atoms with E-state index in [4.69, 9.17) is 20.1 Å². The Bertz CT molecular complexity index is 298. The Morgan fingerprint density at radius 3 is 1.17 bits per heavy atom. The molecule has 0 atom stereocenters. The van der Waals surface area contributed by atoms with Gasteiger partial charge in [-0.25, -0.2) is 0 Å². The maximum Gasteiger partial charge on any atom is 0.303 e. The number of carboxylic acid groups (broad SMARTS) is 3. The predicted molar refractivity (Wildman–Crippen MR) is 95.3 cm³/mol. The number of aliphatic carboxylic acids is 3. The number of carbonyl (C=O) groups is 3. The zero-order valence-electron chi connectivity index (χ0n) is 15.6. The molecule has 0 amide bonds. The molecule has 0 rings (SSSR count). The summed E-state index contributed by atoms with van der Waals surface area (Å²) in [5.74, 6) is -2.20. The van der Waals surface area contributed by atoms with E-state index in [9.17, 15) is 9.59 Å². The van der Waals surface area contributed by atoms with Gasteiger partial charge in [0.1, 0.15) is 0 Å². The highest BCUT2D eigenvalue weighted by Gasteiger charge is 1.96. The molecule has 0 aromatic rings. The second kappa shape index (κ2) is 23.7. The van der Waals surface area contributed by atoms with E-state index in [1.165, 1.54) is 44.9 Å². The molecule has 0 aromatic heterocycles. The SMILES string of the molecule is CC(=O)O.CCCC(=O)O.CCCCCCCCCCCC(=O)O. The average Bonchev–Trinajstić information content (AvgIpc) is 2.45. The summed E-state index contributed by atoms with van der Waals surface area (Å²) < 4.78 is 0. The largest absolute Gasteiger partial charge is 0.481 e. The molecular formula is C18H36O6. The Morgan fingerprint density at radius 2 is 0.917 bits per heavy atom. The number of hydrogen-bond donors (Lipinski definition) is 3. The van der Waals surface area contributed by atoms with E-state index in [1.807, 2.05) is 6.92 Å². The molecule has 0 aromatic carbocycles. The van der Waals surface area contributed by atoms with Gasteiger partial charge in [-0.3, -0.25) is 14.4 Å². The Labute approximate surface area is 146 Å². The van der Waals surface area contributed by atoms with Crippen molar-refractivity contribution in [3.8, 4) is 0 Å². The fraction of sp³-hybridized carbons (Fsp3) is 0.833. The molecule has 144 valence electrons. The summed E-state index contributed by atoms with van der Waals surface area (Å²) in [6, 6.07) is 0. The Balaban J connectivity index is -0.000000363. The minimum absolute atomic E-state index is 0.292. The van der Waals surface area contributed by atoms with Gasteiger partial charge >= 0.3 is 11.9 Å². The van der Waals surface area contributed by atoms with Crippen molar-refractivity contribution < 1.29 is 29.7 Å². The molecule has 0 bridgehead atoms. The third kappa shape index (κ3) is 49.9. The van der Waals surface area contributed by atoms with Crippen LogP contribution < -0.4 is 0 Å². The van der Waals surface area contributed by atoms with E-state index in [0.717, 1.165) is 26.2 Å². The van der Waals surface area contributed by atoms with Crippen LogP contribution in [0.2, 0.25) is 0 Å². The summed E-state index contributed by atoms with van der Waals surface area (Å²) >= 11 is 0. The summed E-state index contributed by atoms with van der Waals surface area (Å²) in [4.78, 5) is 28.8. The van der Waals surface area contributed by atoms with Crippen molar-refractivity contribution in [2.75, 3.05) is 0 Å². The van der Waals surface area contributed by atoms with E-state index in [2.05, 4.69) is 6.92 Å². The second-order valence-electron chi connectivity index (χ2n) is 5.63. The van der Waals surface area contributed by atoms with Crippen molar-refractivity contribution in [1.29, 1.82) is 0 Å². The first kappa shape index (κ1) is 27.3. The molecule has 0 saturated carbocycles. The van der Waals surface area contributed by atoms with Crippen LogP contribution in [-0.4, -0.2) is 33.2 Å². The smallest absolute Gasteiger partial charge is 0.303 e. The summed E-state index contributed by atoms with van der Waals surface area (Å²) in [7, 11) is 0. The van der Waals surface area contributed by atoms with Gasteiger partial charge in [-0.15, -0.1) is 0 Å². The van der Waals surface area contributed by atoms with Crippen LogP contribution in [0.1, 0.15) is 97.8 Å². The van der Waals surface area contributed by atoms with E-state index in [-0.39, 0.29) is 0 Å². The van der Waals surface area contributed by atoms with Crippen LogP contribution in [0.3, 0.4) is 0 Å².